The molecule has 3 heterocycles. The molecule has 1 fully saturated rings. The highest BCUT2D eigenvalue weighted by Crippen LogP contribution is 2.31. The highest BCUT2D eigenvalue weighted by atomic mass is 127. The normalized spacial score (nSPS) is 16.9. The lowest BCUT2D eigenvalue weighted by Crippen LogP contribution is -2.37. The van der Waals surface area contributed by atoms with Crippen molar-refractivity contribution in [3.63, 3.8) is 0 Å². The van der Waals surface area contributed by atoms with E-state index in [0.29, 0.717) is 29.4 Å². The van der Waals surface area contributed by atoms with Crippen molar-refractivity contribution in [3.05, 3.63) is 75.5 Å². The summed E-state index contributed by atoms with van der Waals surface area (Å²) in [5.41, 5.74) is 2.29. The van der Waals surface area contributed by atoms with Crippen molar-refractivity contribution >= 4 is 34.1 Å². The molecule has 0 amide bonds. The number of phenols is 1. The van der Waals surface area contributed by atoms with Gasteiger partial charge >= 0.3 is 6.18 Å². The molecule has 10 heteroatoms. The quantitative estimate of drug-likeness (QED) is 0.262. The maximum atomic E-state index is 12.9. The highest BCUT2D eigenvalue weighted by molar-refractivity contribution is 14.1. The third kappa shape index (κ3) is 5.44. The van der Waals surface area contributed by atoms with Gasteiger partial charge in [-0.1, -0.05) is 24.3 Å². The number of anilines is 1. The second-order valence-electron chi connectivity index (χ2n) is 9.09. The fourth-order valence-electron chi connectivity index (χ4n) is 4.66. The van der Waals surface area contributed by atoms with Gasteiger partial charge in [-0.05, 0) is 77.7 Å². The van der Waals surface area contributed by atoms with Gasteiger partial charge in [0.05, 0.1) is 21.0 Å². The minimum atomic E-state index is -4.31. The Labute approximate surface area is 220 Å². The van der Waals surface area contributed by atoms with E-state index < -0.39 is 11.7 Å². The van der Waals surface area contributed by atoms with Gasteiger partial charge in [0.25, 0.3) is 0 Å². The summed E-state index contributed by atoms with van der Waals surface area (Å²) in [5.74, 6) is 1.33. The minimum Gasteiger partial charge on any atom is -0.507 e. The predicted molar refractivity (Wildman–Crippen MR) is 141 cm³/mol. The van der Waals surface area contributed by atoms with E-state index in [1.165, 1.54) is 0 Å². The van der Waals surface area contributed by atoms with Crippen LogP contribution in [0.2, 0.25) is 0 Å². The Morgan fingerprint density at radius 1 is 1.11 bits per heavy atom. The van der Waals surface area contributed by atoms with Crippen molar-refractivity contribution in [2.45, 2.75) is 25.6 Å². The summed E-state index contributed by atoms with van der Waals surface area (Å²) < 4.78 is 41.2. The molecule has 2 aromatic carbocycles. The van der Waals surface area contributed by atoms with Crippen molar-refractivity contribution in [1.29, 1.82) is 0 Å². The average molecular weight is 607 g/mol. The summed E-state index contributed by atoms with van der Waals surface area (Å²) in [6.45, 7) is 3.12. The van der Waals surface area contributed by atoms with Crippen LogP contribution in [0.1, 0.15) is 24.0 Å². The molecule has 1 unspecified atom stereocenters. The van der Waals surface area contributed by atoms with Gasteiger partial charge in [0.2, 0.25) is 0 Å². The zero-order chi connectivity index (χ0) is 25.3. The van der Waals surface area contributed by atoms with Gasteiger partial charge in [0.15, 0.2) is 5.65 Å². The first kappa shape index (κ1) is 24.8. The average Bonchev–Trinajstić information content (AvgIpc) is 3.23. The van der Waals surface area contributed by atoms with Gasteiger partial charge < -0.3 is 10.4 Å². The first-order valence-corrected chi connectivity index (χ1v) is 12.8. The smallest absolute Gasteiger partial charge is 0.416 e. The van der Waals surface area contributed by atoms with Crippen LogP contribution in [0.3, 0.4) is 0 Å². The Balaban J connectivity index is 1.28. The van der Waals surface area contributed by atoms with E-state index in [0.717, 1.165) is 59.6 Å². The number of alkyl halides is 3. The molecule has 2 aromatic heterocycles. The first-order chi connectivity index (χ1) is 17.3. The molecule has 2 N–H and O–H groups in total. The number of hydrogen-bond donors (Lipinski definition) is 2. The number of nitrogens with one attached hydrogen (secondary N) is 1. The molecule has 0 spiro atoms. The number of fused-ring (bicyclic) bond motifs is 1. The lowest BCUT2D eigenvalue weighted by Gasteiger charge is -2.33. The van der Waals surface area contributed by atoms with Gasteiger partial charge in [0.1, 0.15) is 11.6 Å². The fourth-order valence-corrected chi connectivity index (χ4v) is 5.13. The Bertz CT molecular complexity index is 1360. The van der Waals surface area contributed by atoms with Crippen molar-refractivity contribution < 1.29 is 18.3 Å². The zero-order valence-corrected chi connectivity index (χ0v) is 21.5. The summed E-state index contributed by atoms with van der Waals surface area (Å²) in [6.07, 6.45) is -0.463. The number of hydrogen-bond acceptors (Lipinski definition) is 5. The second kappa shape index (κ2) is 10.3. The van der Waals surface area contributed by atoms with Crippen molar-refractivity contribution in [2.75, 3.05) is 25.0 Å². The number of piperidine rings is 1. The van der Waals surface area contributed by atoms with Gasteiger partial charge in [-0.3, -0.25) is 4.90 Å². The van der Waals surface area contributed by atoms with Gasteiger partial charge in [0, 0.05) is 31.3 Å². The van der Waals surface area contributed by atoms with E-state index in [-0.39, 0.29) is 5.75 Å². The Morgan fingerprint density at radius 3 is 2.64 bits per heavy atom. The van der Waals surface area contributed by atoms with Crippen LogP contribution in [0, 0.1) is 9.49 Å². The van der Waals surface area contributed by atoms with E-state index in [1.54, 1.807) is 35.0 Å². The fraction of sp³-hybridized carbons (Fsp3) is 0.308. The molecule has 5 rings (SSSR count). The standard InChI is InChI=1S/C26H25F3IN5O/c27-26(28,29)19-9-7-17(8-10-19)15-34-11-3-4-18(16-34)13-31-24-12-22(20-5-1-2-6-23(20)36)33-25-21(30)14-32-35(24)25/h1-2,5-10,12,14,18,31,36H,3-4,11,13,15-16H2. The van der Waals surface area contributed by atoms with Crippen molar-refractivity contribution in [1.82, 2.24) is 19.5 Å². The Kier molecular flexibility index (Phi) is 7.07. The van der Waals surface area contributed by atoms with Crippen LogP contribution >= 0.6 is 22.6 Å². The largest absolute Gasteiger partial charge is 0.507 e. The molecule has 1 saturated heterocycles. The van der Waals surface area contributed by atoms with E-state index in [1.807, 2.05) is 18.2 Å². The molecule has 1 aliphatic rings. The number of rotatable bonds is 6. The molecule has 0 aliphatic carbocycles. The summed E-state index contributed by atoms with van der Waals surface area (Å²) in [7, 11) is 0. The van der Waals surface area contributed by atoms with Crippen LogP contribution in [-0.2, 0) is 12.7 Å². The summed E-state index contributed by atoms with van der Waals surface area (Å²) >= 11 is 2.20. The topological polar surface area (TPSA) is 65.7 Å². The number of aromatic hydroxyl groups is 1. The van der Waals surface area contributed by atoms with Crippen LogP contribution in [-0.4, -0.2) is 44.2 Å². The molecule has 0 saturated carbocycles. The third-order valence-corrected chi connectivity index (χ3v) is 7.23. The van der Waals surface area contributed by atoms with Crippen LogP contribution in [0.4, 0.5) is 19.0 Å². The Morgan fingerprint density at radius 2 is 1.89 bits per heavy atom. The Hall–Kier alpha value is -2.86. The lowest BCUT2D eigenvalue weighted by atomic mass is 9.97. The van der Waals surface area contributed by atoms with Crippen LogP contribution in [0.25, 0.3) is 16.9 Å². The number of likely N-dealkylation sites (tertiary alicyclic amines) is 1. The van der Waals surface area contributed by atoms with E-state index >= 15 is 0 Å². The van der Waals surface area contributed by atoms with Gasteiger partial charge in [-0.2, -0.15) is 22.8 Å². The number of halogens is 4. The van der Waals surface area contributed by atoms with E-state index in [4.69, 9.17) is 4.98 Å². The van der Waals surface area contributed by atoms with Crippen LogP contribution < -0.4 is 5.32 Å². The SMILES string of the molecule is Oc1ccccc1-c1cc(NCC2CCCN(Cc3ccc(C(F)(F)F)cc3)C2)n2ncc(I)c2n1. The number of benzene rings is 2. The molecule has 0 bridgehead atoms. The maximum absolute atomic E-state index is 12.9. The molecule has 6 nitrogen and oxygen atoms in total. The lowest BCUT2D eigenvalue weighted by molar-refractivity contribution is -0.137. The number of aromatic nitrogens is 3. The second-order valence-corrected chi connectivity index (χ2v) is 10.3. The highest BCUT2D eigenvalue weighted by Gasteiger charge is 2.30. The molecule has 36 heavy (non-hydrogen) atoms. The molecule has 188 valence electrons. The molecule has 0 radical (unpaired) electrons. The predicted octanol–water partition coefficient (Wildman–Crippen LogP) is 6.05. The van der Waals surface area contributed by atoms with Gasteiger partial charge in [-0.25, -0.2) is 4.98 Å². The first-order valence-electron chi connectivity index (χ1n) is 11.7. The monoisotopic (exact) mass is 607 g/mol. The molecular formula is C26H25F3IN5O. The zero-order valence-electron chi connectivity index (χ0n) is 19.3. The van der Waals surface area contributed by atoms with E-state index in [9.17, 15) is 18.3 Å². The minimum absolute atomic E-state index is 0.168. The van der Waals surface area contributed by atoms with Gasteiger partial charge in [-0.15, -0.1) is 0 Å². The number of phenolic OH excluding ortho intramolecular Hbond substituents is 1. The molecule has 1 aliphatic heterocycles. The molecule has 4 aromatic rings. The van der Waals surface area contributed by atoms with Crippen LogP contribution in [0.5, 0.6) is 5.75 Å². The van der Waals surface area contributed by atoms with Crippen molar-refractivity contribution in [2.24, 2.45) is 5.92 Å². The number of nitrogens with zero attached hydrogens (tertiary/aromatic N) is 4. The molecular weight excluding hydrogens is 582 g/mol. The number of para-hydroxylation sites is 1. The van der Waals surface area contributed by atoms with E-state index in [2.05, 4.69) is 37.9 Å². The summed E-state index contributed by atoms with van der Waals surface area (Å²) in [6, 6.07) is 14.5. The third-order valence-electron chi connectivity index (χ3n) is 6.47. The summed E-state index contributed by atoms with van der Waals surface area (Å²) in [4.78, 5) is 7.01. The summed E-state index contributed by atoms with van der Waals surface area (Å²) in [5, 5.41) is 18.3. The molecule has 1 atom stereocenters. The maximum Gasteiger partial charge on any atom is 0.416 e. The van der Waals surface area contributed by atoms with Crippen LogP contribution in [0.15, 0.2) is 60.8 Å². The van der Waals surface area contributed by atoms with Crippen molar-refractivity contribution in [3.8, 4) is 17.0 Å².